The molecule has 0 spiro atoms. The second-order valence-corrected chi connectivity index (χ2v) is 6.48. The van der Waals surface area contributed by atoms with Crippen molar-refractivity contribution in [3.63, 3.8) is 0 Å². The highest BCUT2D eigenvalue weighted by molar-refractivity contribution is 6.02. The number of aromatic nitrogens is 2. The van der Waals surface area contributed by atoms with Gasteiger partial charge in [0.15, 0.2) is 0 Å². The number of nitrogens with one attached hydrogen (secondary N) is 1. The van der Waals surface area contributed by atoms with Crippen molar-refractivity contribution in [3.05, 3.63) is 42.4 Å². The molecule has 1 aliphatic rings. The van der Waals surface area contributed by atoms with Crippen LogP contribution in [0.3, 0.4) is 0 Å². The Balaban J connectivity index is 1.62. The van der Waals surface area contributed by atoms with Gasteiger partial charge in [-0.3, -0.25) is 4.79 Å². The van der Waals surface area contributed by atoms with Gasteiger partial charge in [0.2, 0.25) is 0 Å². The number of carbonyl (C=O) groups is 1. The number of anilines is 3. The first kappa shape index (κ1) is 18.2. The third kappa shape index (κ3) is 4.31. The highest BCUT2D eigenvalue weighted by Gasteiger charge is 2.13. The molecule has 0 saturated carbocycles. The van der Waals surface area contributed by atoms with E-state index in [-0.39, 0.29) is 5.91 Å². The summed E-state index contributed by atoms with van der Waals surface area (Å²) < 4.78 is 0. The molecule has 0 atom stereocenters. The maximum atomic E-state index is 12.4. The third-order valence-corrected chi connectivity index (χ3v) is 4.80. The molecule has 138 valence electrons. The SMILES string of the molecule is CCN(CC)c1cnc(C(=O)Nc2ccc(N3CCCCC3)cc2)cn1. The lowest BCUT2D eigenvalue weighted by Gasteiger charge is -2.28. The van der Waals surface area contributed by atoms with Gasteiger partial charge in [-0.15, -0.1) is 0 Å². The van der Waals surface area contributed by atoms with Crippen LogP contribution in [0, 0.1) is 0 Å². The summed E-state index contributed by atoms with van der Waals surface area (Å²) in [6, 6.07) is 8.02. The van der Waals surface area contributed by atoms with Crippen LogP contribution in [0.15, 0.2) is 36.7 Å². The third-order valence-electron chi connectivity index (χ3n) is 4.80. The van der Waals surface area contributed by atoms with Crippen LogP contribution in [0.4, 0.5) is 17.2 Å². The lowest BCUT2D eigenvalue weighted by molar-refractivity contribution is 0.102. The average Bonchev–Trinajstić information content (AvgIpc) is 2.71. The van der Waals surface area contributed by atoms with Gasteiger partial charge in [-0.25, -0.2) is 9.97 Å². The Morgan fingerprint density at radius 3 is 2.31 bits per heavy atom. The smallest absolute Gasteiger partial charge is 0.275 e. The van der Waals surface area contributed by atoms with Crippen molar-refractivity contribution in [1.29, 1.82) is 0 Å². The van der Waals surface area contributed by atoms with E-state index in [1.165, 1.54) is 31.1 Å². The number of hydrogen-bond acceptors (Lipinski definition) is 5. The topological polar surface area (TPSA) is 61.4 Å². The molecule has 1 aromatic carbocycles. The summed E-state index contributed by atoms with van der Waals surface area (Å²) in [4.78, 5) is 25.5. The van der Waals surface area contributed by atoms with E-state index in [9.17, 15) is 4.79 Å². The fourth-order valence-corrected chi connectivity index (χ4v) is 3.25. The molecule has 0 unspecified atom stereocenters. The highest BCUT2D eigenvalue weighted by atomic mass is 16.1. The van der Waals surface area contributed by atoms with E-state index < -0.39 is 0 Å². The van der Waals surface area contributed by atoms with Crippen molar-refractivity contribution in [2.45, 2.75) is 33.1 Å². The minimum absolute atomic E-state index is 0.241. The van der Waals surface area contributed by atoms with E-state index in [0.29, 0.717) is 5.69 Å². The number of rotatable bonds is 6. The summed E-state index contributed by atoms with van der Waals surface area (Å²) in [5, 5.41) is 2.89. The summed E-state index contributed by atoms with van der Waals surface area (Å²) in [6.07, 6.45) is 7.01. The first-order valence-electron chi connectivity index (χ1n) is 9.44. The Kier molecular flexibility index (Phi) is 6.04. The first-order chi connectivity index (χ1) is 12.7. The Morgan fingerprint density at radius 2 is 1.73 bits per heavy atom. The van der Waals surface area contributed by atoms with Crippen LogP contribution >= 0.6 is 0 Å². The number of carbonyl (C=O) groups excluding carboxylic acids is 1. The maximum Gasteiger partial charge on any atom is 0.275 e. The van der Waals surface area contributed by atoms with Crippen molar-refractivity contribution in [2.24, 2.45) is 0 Å². The van der Waals surface area contributed by atoms with Crippen molar-refractivity contribution in [1.82, 2.24) is 9.97 Å². The van der Waals surface area contributed by atoms with Gasteiger partial charge in [-0.1, -0.05) is 0 Å². The second kappa shape index (κ2) is 8.65. The van der Waals surface area contributed by atoms with Gasteiger partial charge in [0.05, 0.1) is 12.4 Å². The van der Waals surface area contributed by atoms with E-state index in [0.717, 1.165) is 37.7 Å². The highest BCUT2D eigenvalue weighted by Crippen LogP contribution is 2.22. The van der Waals surface area contributed by atoms with Gasteiger partial charge in [-0.05, 0) is 57.4 Å². The van der Waals surface area contributed by atoms with E-state index in [1.54, 1.807) is 6.20 Å². The van der Waals surface area contributed by atoms with E-state index in [2.05, 4.69) is 51.1 Å². The molecule has 0 aliphatic carbocycles. The van der Waals surface area contributed by atoms with Crippen LogP contribution in [0.5, 0.6) is 0 Å². The van der Waals surface area contributed by atoms with Crippen LogP contribution in [-0.4, -0.2) is 42.1 Å². The zero-order chi connectivity index (χ0) is 18.4. The molecule has 6 heteroatoms. The lowest BCUT2D eigenvalue weighted by Crippen LogP contribution is -2.29. The van der Waals surface area contributed by atoms with Gasteiger partial charge >= 0.3 is 0 Å². The average molecular weight is 353 g/mol. The van der Waals surface area contributed by atoms with Gasteiger partial charge in [0.25, 0.3) is 5.91 Å². The zero-order valence-electron chi connectivity index (χ0n) is 15.6. The molecule has 2 heterocycles. The fourth-order valence-electron chi connectivity index (χ4n) is 3.25. The minimum Gasteiger partial charge on any atom is -0.372 e. The number of amides is 1. The lowest BCUT2D eigenvalue weighted by atomic mass is 10.1. The van der Waals surface area contributed by atoms with Crippen molar-refractivity contribution in [3.8, 4) is 0 Å². The largest absolute Gasteiger partial charge is 0.372 e. The summed E-state index contributed by atoms with van der Waals surface area (Å²) in [6.45, 7) is 8.08. The monoisotopic (exact) mass is 353 g/mol. The van der Waals surface area contributed by atoms with Gasteiger partial charge in [0.1, 0.15) is 11.5 Å². The maximum absolute atomic E-state index is 12.4. The van der Waals surface area contributed by atoms with E-state index >= 15 is 0 Å². The molecule has 1 amide bonds. The molecule has 1 aliphatic heterocycles. The molecule has 1 N–H and O–H groups in total. The van der Waals surface area contributed by atoms with Gasteiger partial charge in [0, 0.05) is 37.6 Å². The molecule has 3 rings (SSSR count). The molecule has 0 radical (unpaired) electrons. The van der Waals surface area contributed by atoms with Crippen LogP contribution in [0.25, 0.3) is 0 Å². The summed E-state index contributed by atoms with van der Waals surface area (Å²) in [5.74, 6) is 0.548. The van der Waals surface area contributed by atoms with Gasteiger partial charge in [-0.2, -0.15) is 0 Å². The molecule has 1 aromatic heterocycles. The number of piperidine rings is 1. The van der Waals surface area contributed by atoms with Crippen molar-refractivity contribution >= 4 is 23.1 Å². The molecule has 6 nitrogen and oxygen atoms in total. The summed E-state index contributed by atoms with van der Waals surface area (Å²) >= 11 is 0. The number of benzene rings is 1. The molecule has 26 heavy (non-hydrogen) atoms. The Labute approximate surface area is 155 Å². The minimum atomic E-state index is -0.241. The quantitative estimate of drug-likeness (QED) is 0.860. The van der Waals surface area contributed by atoms with Crippen LogP contribution < -0.4 is 15.1 Å². The number of nitrogens with zero attached hydrogens (tertiary/aromatic N) is 4. The Bertz CT molecular complexity index is 704. The molecular formula is C20H27N5O. The zero-order valence-corrected chi connectivity index (χ0v) is 15.6. The van der Waals surface area contributed by atoms with Gasteiger partial charge < -0.3 is 15.1 Å². The summed E-state index contributed by atoms with van der Waals surface area (Å²) in [7, 11) is 0. The van der Waals surface area contributed by atoms with E-state index in [4.69, 9.17) is 0 Å². The molecule has 1 fully saturated rings. The Morgan fingerprint density at radius 1 is 1.04 bits per heavy atom. The normalized spacial score (nSPS) is 14.2. The van der Waals surface area contributed by atoms with E-state index in [1.807, 2.05) is 12.1 Å². The fraction of sp³-hybridized carbons (Fsp3) is 0.450. The predicted molar refractivity (Wildman–Crippen MR) is 106 cm³/mol. The molecular weight excluding hydrogens is 326 g/mol. The molecule has 0 bridgehead atoms. The van der Waals surface area contributed by atoms with Crippen LogP contribution in [0.2, 0.25) is 0 Å². The second-order valence-electron chi connectivity index (χ2n) is 6.48. The summed E-state index contributed by atoms with van der Waals surface area (Å²) in [5.41, 5.74) is 2.30. The van der Waals surface area contributed by atoms with Crippen molar-refractivity contribution in [2.75, 3.05) is 41.3 Å². The molecule has 1 saturated heterocycles. The number of hydrogen-bond donors (Lipinski definition) is 1. The standard InChI is InChI=1S/C20H27N5O/c1-3-24(4-2)19-15-21-18(14-22-19)20(26)23-16-8-10-17(11-9-16)25-12-6-5-7-13-25/h8-11,14-15H,3-7,12-13H2,1-2H3,(H,23,26). The molecule has 2 aromatic rings. The van der Waals surface area contributed by atoms with Crippen LogP contribution in [0.1, 0.15) is 43.6 Å². The predicted octanol–water partition coefficient (Wildman–Crippen LogP) is 3.57. The first-order valence-corrected chi connectivity index (χ1v) is 9.44. The Hall–Kier alpha value is -2.63. The van der Waals surface area contributed by atoms with Crippen molar-refractivity contribution < 1.29 is 4.79 Å². The van der Waals surface area contributed by atoms with Crippen LogP contribution in [-0.2, 0) is 0 Å².